The minimum atomic E-state index is 0.346. The lowest BCUT2D eigenvalue weighted by atomic mass is 9.99. The van der Waals surface area contributed by atoms with Crippen LogP contribution in [0.15, 0.2) is 24.3 Å². The first kappa shape index (κ1) is 13.0. The Labute approximate surface area is 98.9 Å². The molecule has 1 rings (SSSR count). The number of ketones is 1. The molecule has 1 aromatic carbocycles. The Kier molecular flexibility index (Phi) is 5.24. The molecule has 0 saturated heterocycles. The zero-order valence-electron chi connectivity index (χ0n) is 10.6. The first-order chi connectivity index (χ1) is 7.61. The molecule has 0 aliphatic rings. The molecule has 88 valence electrons. The summed E-state index contributed by atoms with van der Waals surface area (Å²) >= 11 is 0. The third-order valence-corrected chi connectivity index (χ3v) is 2.60. The minimum Gasteiger partial charge on any atom is -0.299 e. The molecule has 0 amide bonds. The van der Waals surface area contributed by atoms with Crippen LogP contribution in [0.4, 0.5) is 0 Å². The largest absolute Gasteiger partial charge is 0.299 e. The summed E-state index contributed by atoms with van der Waals surface area (Å²) < 4.78 is 0. The Morgan fingerprint density at radius 1 is 1.12 bits per heavy atom. The van der Waals surface area contributed by atoms with Gasteiger partial charge in [-0.2, -0.15) is 0 Å². The number of hydrogen-bond acceptors (Lipinski definition) is 1. The zero-order chi connectivity index (χ0) is 12.0. The molecule has 0 aromatic heterocycles. The highest BCUT2D eigenvalue weighted by molar-refractivity contribution is 5.80. The van der Waals surface area contributed by atoms with Gasteiger partial charge in [-0.1, -0.05) is 45.0 Å². The van der Waals surface area contributed by atoms with Gasteiger partial charge in [0.1, 0.15) is 5.78 Å². The van der Waals surface area contributed by atoms with Crippen molar-refractivity contribution in [2.24, 2.45) is 5.92 Å². The van der Waals surface area contributed by atoms with Crippen LogP contribution in [0.5, 0.6) is 0 Å². The van der Waals surface area contributed by atoms with E-state index in [9.17, 15) is 4.79 Å². The summed E-state index contributed by atoms with van der Waals surface area (Å²) in [4.78, 5) is 11.5. The summed E-state index contributed by atoms with van der Waals surface area (Å²) in [6.07, 6.45) is 3.36. The number of carbonyl (C=O) groups excluding carboxylic acids is 1. The fourth-order valence-electron chi connectivity index (χ4n) is 1.86. The normalized spacial score (nSPS) is 10.8. The summed E-state index contributed by atoms with van der Waals surface area (Å²) in [5, 5.41) is 0. The van der Waals surface area contributed by atoms with Gasteiger partial charge >= 0.3 is 0 Å². The molecular formula is C15H22O. The molecule has 0 spiro atoms. The maximum absolute atomic E-state index is 11.5. The molecule has 0 aliphatic carbocycles. The molecule has 0 aliphatic heterocycles. The van der Waals surface area contributed by atoms with Gasteiger partial charge in [-0.05, 0) is 29.9 Å². The van der Waals surface area contributed by atoms with Crippen molar-refractivity contribution in [3.63, 3.8) is 0 Å². The molecule has 0 atom stereocenters. The molecule has 0 N–H and O–H groups in total. The van der Waals surface area contributed by atoms with Gasteiger partial charge in [-0.15, -0.1) is 0 Å². The molecule has 1 nitrogen and oxygen atoms in total. The number of rotatable bonds is 6. The fourth-order valence-corrected chi connectivity index (χ4v) is 1.86. The summed E-state index contributed by atoms with van der Waals surface area (Å²) in [5.41, 5.74) is 2.51. The van der Waals surface area contributed by atoms with E-state index in [4.69, 9.17) is 0 Å². The van der Waals surface area contributed by atoms with Gasteiger partial charge in [0.05, 0.1) is 0 Å². The molecule has 0 bridgehead atoms. The van der Waals surface area contributed by atoms with Crippen LogP contribution in [0.2, 0.25) is 0 Å². The third-order valence-electron chi connectivity index (χ3n) is 2.60. The van der Waals surface area contributed by atoms with E-state index in [0.29, 0.717) is 24.5 Å². The second kappa shape index (κ2) is 6.47. The van der Waals surface area contributed by atoms with Crippen LogP contribution in [-0.4, -0.2) is 5.78 Å². The molecule has 16 heavy (non-hydrogen) atoms. The topological polar surface area (TPSA) is 17.1 Å². The van der Waals surface area contributed by atoms with Crippen molar-refractivity contribution in [1.29, 1.82) is 0 Å². The predicted octanol–water partition coefficient (Wildman–Crippen LogP) is 3.80. The first-order valence-corrected chi connectivity index (χ1v) is 6.21. The number of benzene rings is 1. The molecule has 0 saturated carbocycles. The monoisotopic (exact) mass is 218 g/mol. The average molecular weight is 218 g/mol. The Hall–Kier alpha value is -1.11. The van der Waals surface area contributed by atoms with Gasteiger partial charge < -0.3 is 0 Å². The van der Waals surface area contributed by atoms with Crippen molar-refractivity contribution in [3.8, 4) is 0 Å². The van der Waals surface area contributed by atoms with Crippen molar-refractivity contribution >= 4 is 5.78 Å². The Balaban J connectivity index is 2.54. The number of carbonyl (C=O) groups is 1. The molecule has 0 heterocycles. The molecule has 1 heteroatoms. The van der Waals surface area contributed by atoms with Gasteiger partial charge in [-0.3, -0.25) is 4.79 Å². The van der Waals surface area contributed by atoms with Crippen molar-refractivity contribution in [2.75, 3.05) is 0 Å². The Bertz CT molecular complexity index is 322. The minimum absolute atomic E-state index is 0.346. The summed E-state index contributed by atoms with van der Waals surface area (Å²) in [6.45, 7) is 6.49. The summed E-state index contributed by atoms with van der Waals surface area (Å²) in [7, 11) is 0. The van der Waals surface area contributed by atoms with Gasteiger partial charge in [-0.25, -0.2) is 0 Å². The second-order valence-corrected chi connectivity index (χ2v) is 4.88. The van der Waals surface area contributed by atoms with E-state index < -0.39 is 0 Å². The van der Waals surface area contributed by atoms with E-state index in [-0.39, 0.29) is 0 Å². The Morgan fingerprint density at radius 2 is 1.69 bits per heavy atom. The maximum Gasteiger partial charge on any atom is 0.137 e. The summed E-state index contributed by atoms with van der Waals surface area (Å²) in [5.74, 6) is 1.03. The van der Waals surface area contributed by atoms with E-state index in [2.05, 4.69) is 38.1 Å². The highest BCUT2D eigenvalue weighted by Crippen LogP contribution is 2.11. The lowest BCUT2D eigenvalue weighted by Crippen LogP contribution is -2.02. The maximum atomic E-state index is 11.5. The summed E-state index contributed by atoms with van der Waals surface area (Å²) in [6, 6.07) is 8.47. The van der Waals surface area contributed by atoms with Crippen LogP contribution in [0.25, 0.3) is 0 Å². The number of Topliss-reactive ketones (excluding diaryl/α,β-unsaturated/α-hetero) is 1. The molecule has 1 aromatic rings. The molecule has 0 unspecified atom stereocenters. The van der Waals surface area contributed by atoms with Crippen LogP contribution in [0, 0.1) is 5.92 Å². The van der Waals surface area contributed by atoms with E-state index in [1.807, 2.05) is 6.92 Å². The standard InChI is InChI=1S/C15H22O/c1-4-5-15(16)11-14-8-6-13(7-9-14)10-12(2)3/h6-9,12H,4-5,10-11H2,1-3H3. The van der Waals surface area contributed by atoms with Crippen molar-refractivity contribution in [1.82, 2.24) is 0 Å². The molecule has 0 radical (unpaired) electrons. The van der Waals surface area contributed by atoms with E-state index in [1.165, 1.54) is 5.56 Å². The number of hydrogen-bond donors (Lipinski definition) is 0. The van der Waals surface area contributed by atoms with Gasteiger partial charge in [0.2, 0.25) is 0 Å². The van der Waals surface area contributed by atoms with Gasteiger partial charge in [0.25, 0.3) is 0 Å². The highest BCUT2D eigenvalue weighted by Gasteiger charge is 2.03. The van der Waals surface area contributed by atoms with Gasteiger partial charge in [0.15, 0.2) is 0 Å². The Morgan fingerprint density at radius 3 is 2.19 bits per heavy atom. The van der Waals surface area contributed by atoms with Crippen LogP contribution < -0.4 is 0 Å². The van der Waals surface area contributed by atoms with Crippen molar-refractivity contribution in [3.05, 3.63) is 35.4 Å². The quantitative estimate of drug-likeness (QED) is 0.710. The predicted molar refractivity (Wildman–Crippen MR) is 68.6 cm³/mol. The van der Waals surface area contributed by atoms with E-state index in [0.717, 1.165) is 18.4 Å². The van der Waals surface area contributed by atoms with Crippen molar-refractivity contribution < 1.29 is 4.79 Å². The lowest BCUT2D eigenvalue weighted by molar-refractivity contribution is -0.118. The SMILES string of the molecule is CCCC(=O)Cc1ccc(CC(C)C)cc1. The second-order valence-electron chi connectivity index (χ2n) is 4.88. The van der Waals surface area contributed by atoms with Crippen molar-refractivity contribution in [2.45, 2.75) is 46.5 Å². The van der Waals surface area contributed by atoms with Crippen LogP contribution in [0.3, 0.4) is 0 Å². The average Bonchev–Trinajstić information content (AvgIpc) is 2.20. The third kappa shape index (κ3) is 4.61. The van der Waals surface area contributed by atoms with Crippen LogP contribution in [-0.2, 0) is 17.6 Å². The molecule has 0 fully saturated rings. The highest BCUT2D eigenvalue weighted by atomic mass is 16.1. The zero-order valence-corrected chi connectivity index (χ0v) is 10.6. The molecular weight excluding hydrogens is 196 g/mol. The van der Waals surface area contributed by atoms with E-state index >= 15 is 0 Å². The fraction of sp³-hybridized carbons (Fsp3) is 0.533. The first-order valence-electron chi connectivity index (χ1n) is 6.21. The lowest BCUT2D eigenvalue weighted by Gasteiger charge is -2.06. The van der Waals surface area contributed by atoms with E-state index in [1.54, 1.807) is 0 Å². The smallest absolute Gasteiger partial charge is 0.137 e. The van der Waals surface area contributed by atoms with Crippen LogP contribution >= 0.6 is 0 Å². The van der Waals surface area contributed by atoms with Crippen LogP contribution in [0.1, 0.15) is 44.7 Å². The van der Waals surface area contributed by atoms with Gasteiger partial charge in [0, 0.05) is 12.8 Å².